The number of nitrogens with one attached hydrogen (secondary N) is 1. The highest BCUT2D eigenvalue weighted by molar-refractivity contribution is 5.97. The molecule has 1 atom stereocenters. The maximum atomic E-state index is 12.4. The van der Waals surface area contributed by atoms with E-state index in [0.29, 0.717) is 12.4 Å². The fourth-order valence-corrected chi connectivity index (χ4v) is 2.93. The first kappa shape index (κ1) is 21.2. The Morgan fingerprint density at radius 3 is 2.39 bits per heavy atom. The molecule has 0 radical (unpaired) electrons. The molecule has 28 heavy (non-hydrogen) atoms. The van der Waals surface area contributed by atoms with E-state index in [1.54, 1.807) is 13.0 Å². The van der Waals surface area contributed by atoms with E-state index >= 15 is 0 Å². The molecule has 5 heteroatoms. The second-order valence-electron chi connectivity index (χ2n) is 6.65. The number of carbonyl (C=O) groups is 2. The van der Waals surface area contributed by atoms with Crippen LogP contribution in [-0.4, -0.2) is 24.6 Å². The number of anilines is 1. The second-order valence-corrected chi connectivity index (χ2v) is 6.65. The normalized spacial score (nSPS) is 11.9. The molecule has 0 aromatic heterocycles. The van der Waals surface area contributed by atoms with Crippen molar-refractivity contribution in [1.82, 2.24) is 0 Å². The van der Waals surface area contributed by atoms with Gasteiger partial charge < -0.3 is 14.8 Å². The molecule has 0 aliphatic heterocycles. The predicted molar refractivity (Wildman–Crippen MR) is 111 cm³/mol. The Bertz CT molecular complexity index is 863. The largest absolute Gasteiger partial charge is 0.493 e. The molecule has 0 saturated carbocycles. The maximum absolute atomic E-state index is 12.4. The molecule has 2 aromatic carbocycles. The van der Waals surface area contributed by atoms with Gasteiger partial charge in [0.25, 0.3) is 5.91 Å². The van der Waals surface area contributed by atoms with Gasteiger partial charge in [-0.3, -0.25) is 4.79 Å². The Balaban J connectivity index is 2.00. The summed E-state index contributed by atoms with van der Waals surface area (Å²) in [6.07, 6.45) is 2.00. The summed E-state index contributed by atoms with van der Waals surface area (Å²) in [6.45, 7) is 9.85. The molecule has 0 heterocycles. The van der Waals surface area contributed by atoms with Crippen LogP contribution >= 0.6 is 0 Å². The van der Waals surface area contributed by atoms with Gasteiger partial charge in [-0.05, 0) is 57.9 Å². The lowest BCUT2D eigenvalue weighted by Crippen LogP contribution is -2.30. The number of hydrogen-bond donors (Lipinski definition) is 1. The fraction of sp³-hybridized carbons (Fsp3) is 0.304. The highest BCUT2D eigenvalue weighted by atomic mass is 16.5. The van der Waals surface area contributed by atoms with E-state index in [-0.39, 0.29) is 5.91 Å². The van der Waals surface area contributed by atoms with Gasteiger partial charge in [0, 0.05) is 17.3 Å². The third kappa shape index (κ3) is 5.71. The molecule has 0 unspecified atom stereocenters. The Kier molecular flexibility index (Phi) is 7.38. The molecule has 0 fully saturated rings. The van der Waals surface area contributed by atoms with E-state index in [9.17, 15) is 9.59 Å². The van der Waals surface area contributed by atoms with Gasteiger partial charge in [-0.25, -0.2) is 4.79 Å². The van der Waals surface area contributed by atoms with Gasteiger partial charge >= 0.3 is 5.97 Å². The molecule has 0 aliphatic rings. The summed E-state index contributed by atoms with van der Waals surface area (Å²) in [7, 11) is 0. The van der Waals surface area contributed by atoms with Crippen LogP contribution in [0, 0.1) is 20.8 Å². The van der Waals surface area contributed by atoms with Crippen LogP contribution in [0.5, 0.6) is 5.75 Å². The third-order valence-electron chi connectivity index (χ3n) is 4.21. The van der Waals surface area contributed by atoms with E-state index in [1.807, 2.05) is 64.1 Å². The van der Waals surface area contributed by atoms with E-state index in [2.05, 4.69) is 5.32 Å². The molecule has 0 bridgehead atoms. The van der Waals surface area contributed by atoms with Crippen molar-refractivity contribution in [3.05, 3.63) is 64.7 Å². The molecule has 1 amide bonds. The summed E-state index contributed by atoms with van der Waals surface area (Å²) in [5.74, 6) is -0.275. The highest BCUT2D eigenvalue weighted by Crippen LogP contribution is 2.22. The summed E-state index contributed by atoms with van der Waals surface area (Å²) in [5, 5.41) is 2.85. The Hall–Kier alpha value is -3.08. The van der Waals surface area contributed by atoms with Gasteiger partial charge in [0.2, 0.25) is 0 Å². The van der Waals surface area contributed by atoms with Crippen LogP contribution in [0.1, 0.15) is 36.1 Å². The van der Waals surface area contributed by atoms with Crippen LogP contribution in [0.25, 0.3) is 6.08 Å². The fourth-order valence-electron chi connectivity index (χ4n) is 2.93. The third-order valence-corrected chi connectivity index (χ3v) is 4.21. The lowest BCUT2D eigenvalue weighted by Gasteiger charge is -2.16. The van der Waals surface area contributed by atoms with Crippen LogP contribution in [0.3, 0.4) is 0 Å². The zero-order chi connectivity index (χ0) is 20.7. The van der Waals surface area contributed by atoms with E-state index < -0.39 is 12.1 Å². The van der Waals surface area contributed by atoms with Crippen molar-refractivity contribution in [3.8, 4) is 5.75 Å². The van der Waals surface area contributed by atoms with Crippen LogP contribution in [0.4, 0.5) is 5.69 Å². The topological polar surface area (TPSA) is 64.6 Å². The Labute approximate surface area is 166 Å². The van der Waals surface area contributed by atoms with Gasteiger partial charge in [-0.1, -0.05) is 35.9 Å². The SMILES string of the molecule is CCOc1ccccc1/C=C/C(=O)O[C@@H](C)C(=O)Nc1c(C)cc(C)cc1C. The van der Waals surface area contributed by atoms with Gasteiger partial charge in [0.1, 0.15) is 5.75 Å². The summed E-state index contributed by atoms with van der Waals surface area (Å²) < 4.78 is 10.7. The van der Waals surface area contributed by atoms with Gasteiger partial charge in [-0.15, -0.1) is 0 Å². The average Bonchev–Trinajstić information content (AvgIpc) is 2.64. The van der Waals surface area contributed by atoms with Gasteiger partial charge in [0.15, 0.2) is 6.10 Å². The van der Waals surface area contributed by atoms with Crippen LogP contribution in [0.2, 0.25) is 0 Å². The average molecular weight is 381 g/mol. The number of hydrogen-bond acceptors (Lipinski definition) is 4. The molecule has 2 aromatic rings. The van der Waals surface area contributed by atoms with E-state index in [4.69, 9.17) is 9.47 Å². The first-order valence-electron chi connectivity index (χ1n) is 9.31. The van der Waals surface area contributed by atoms with Crippen molar-refractivity contribution in [3.63, 3.8) is 0 Å². The zero-order valence-electron chi connectivity index (χ0n) is 17.0. The van der Waals surface area contributed by atoms with Gasteiger partial charge in [0.05, 0.1) is 6.61 Å². The molecular weight excluding hydrogens is 354 g/mol. The van der Waals surface area contributed by atoms with E-state index in [1.165, 1.54) is 6.08 Å². The van der Waals surface area contributed by atoms with Crippen LogP contribution < -0.4 is 10.1 Å². The number of benzene rings is 2. The van der Waals surface area contributed by atoms with Crippen molar-refractivity contribution < 1.29 is 19.1 Å². The number of amides is 1. The zero-order valence-corrected chi connectivity index (χ0v) is 17.0. The number of aryl methyl sites for hydroxylation is 3. The Morgan fingerprint density at radius 2 is 1.75 bits per heavy atom. The smallest absolute Gasteiger partial charge is 0.331 e. The van der Waals surface area contributed by atoms with Crippen molar-refractivity contribution in [2.75, 3.05) is 11.9 Å². The van der Waals surface area contributed by atoms with Crippen molar-refractivity contribution in [2.24, 2.45) is 0 Å². The minimum absolute atomic E-state index is 0.369. The summed E-state index contributed by atoms with van der Waals surface area (Å²) in [5.41, 5.74) is 4.59. The number of ether oxygens (including phenoxy) is 2. The van der Waals surface area contributed by atoms with Crippen LogP contribution in [-0.2, 0) is 14.3 Å². The quantitative estimate of drug-likeness (QED) is 0.563. The van der Waals surface area contributed by atoms with Crippen LogP contribution in [0.15, 0.2) is 42.5 Å². The lowest BCUT2D eigenvalue weighted by atomic mass is 10.0. The standard InChI is InChI=1S/C23H27NO4/c1-6-27-20-10-8-7-9-19(20)11-12-21(25)28-18(5)23(26)24-22-16(3)13-15(2)14-17(22)4/h7-14,18H,6H2,1-5H3,(H,24,26)/b12-11+/t18-/m0/s1. The summed E-state index contributed by atoms with van der Waals surface area (Å²) in [4.78, 5) is 24.5. The van der Waals surface area contributed by atoms with E-state index in [0.717, 1.165) is 27.9 Å². The monoisotopic (exact) mass is 381 g/mol. The highest BCUT2D eigenvalue weighted by Gasteiger charge is 2.18. The second kappa shape index (κ2) is 9.74. The summed E-state index contributed by atoms with van der Waals surface area (Å²) >= 11 is 0. The number of para-hydroxylation sites is 1. The molecular formula is C23H27NO4. The number of rotatable bonds is 7. The predicted octanol–water partition coefficient (Wildman–Crippen LogP) is 4.59. The Morgan fingerprint density at radius 1 is 1.11 bits per heavy atom. The molecule has 5 nitrogen and oxygen atoms in total. The van der Waals surface area contributed by atoms with Crippen molar-refractivity contribution >= 4 is 23.6 Å². The molecule has 0 spiro atoms. The molecule has 1 N–H and O–H groups in total. The summed E-state index contributed by atoms with van der Waals surface area (Å²) in [6, 6.07) is 11.4. The minimum atomic E-state index is -0.917. The van der Waals surface area contributed by atoms with Crippen molar-refractivity contribution in [2.45, 2.75) is 40.7 Å². The van der Waals surface area contributed by atoms with Gasteiger partial charge in [-0.2, -0.15) is 0 Å². The molecule has 0 aliphatic carbocycles. The minimum Gasteiger partial charge on any atom is -0.493 e. The number of carbonyl (C=O) groups excluding carboxylic acids is 2. The maximum Gasteiger partial charge on any atom is 0.331 e. The number of esters is 1. The lowest BCUT2D eigenvalue weighted by molar-refractivity contribution is -0.148. The molecule has 2 rings (SSSR count). The van der Waals surface area contributed by atoms with Crippen molar-refractivity contribution in [1.29, 1.82) is 0 Å². The molecule has 0 saturated heterocycles. The molecule has 148 valence electrons. The first-order valence-corrected chi connectivity index (χ1v) is 9.31. The first-order chi connectivity index (χ1) is 13.3.